The van der Waals surface area contributed by atoms with Gasteiger partial charge in [0.05, 0.1) is 20.3 Å². The van der Waals surface area contributed by atoms with Crippen LogP contribution in [0.15, 0.2) is 47.4 Å². The zero-order valence-corrected chi connectivity index (χ0v) is 16.2. The minimum Gasteiger partial charge on any atom is -0.495 e. The smallest absolute Gasteiger partial charge is 0.255 e. The van der Waals surface area contributed by atoms with Gasteiger partial charge in [0.15, 0.2) is 0 Å². The van der Waals surface area contributed by atoms with Gasteiger partial charge in [-0.25, -0.2) is 8.42 Å². The van der Waals surface area contributed by atoms with Crippen molar-refractivity contribution in [2.24, 2.45) is 0 Å². The molecule has 27 heavy (non-hydrogen) atoms. The highest BCUT2D eigenvalue weighted by atomic mass is 35.5. The predicted molar refractivity (Wildman–Crippen MR) is 102 cm³/mol. The summed E-state index contributed by atoms with van der Waals surface area (Å²) in [6.07, 6.45) is 0. The Kier molecular flexibility index (Phi) is 6.01. The summed E-state index contributed by atoms with van der Waals surface area (Å²) >= 11 is 5.91. The fraction of sp³-hybridized carbons (Fsp3) is 0.278. The van der Waals surface area contributed by atoms with Gasteiger partial charge in [0.25, 0.3) is 5.91 Å². The molecule has 1 aliphatic heterocycles. The molecule has 0 unspecified atom stereocenters. The molecule has 1 aliphatic rings. The van der Waals surface area contributed by atoms with Gasteiger partial charge >= 0.3 is 0 Å². The van der Waals surface area contributed by atoms with E-state index < -0.39 is 15.9 Å². The van der Waals surface area contributed by atoms with Crippen LogP contribution >= 0.6 is 11.6 Å². The van der Waals surface area contributed by atoms with E-state index in [0.29, 0.717) is 29.5 Å². The van der Waals surface area contributed by atoms with Gasteiger partial charge in [-0.05, 0) is 36.4 Å². The number of anilines is 1. The van der Waals surface area contributed by atoms with E-state index in [0.717, 1.165) is 0 Å². The van der Waals surface area contributed by atoms with Crippen LogP contribution in [0.1, 0.15) is 10.4 Å². The molecule has 0 aliphatic carbocycles. The highest BCUT2D eigenvalue weighted by Gasteiger charge is 2.29. The number of hydrogen-bond donors (Lipinski definition) is 1. The van der Waals surface area contributed by atoms with E-state index in [1.54, 1.807) is 24.3 Å². The average molecular weight is 411 g/mol. The van der Waals surface area contributed by atoms with Crippen LogP contribution in [0.2, 0.25) is 5.02 Å². The lowest BCUT2D eigenvalue weighted by molar-refractivity contribution is 0.0729. The number of ether oxygens (including phenoxy) is 2. The van der Waals surface area contributed by atoms with Crippen LogP contribution < -0.4 is 10.1 Å². The minimum atomic E-state index is -3.78. The van der Waals surface area contributed by atoms with Crippen LogP contribution in [-0.2, 0) is 14.8 Å². The number of amides is 1. The molecule has 2 aromatic rings. The first-order chi connectivity index (χ1) is 12.9. The molecule has 0 atom stereocenters. The Morgan fingerprint density at radius 2 is 1.93 bits per heavy atom. The standard InChI is InChI=1S/C18H19ClN2O5S/c1-25-16-6-5-15(20-18(22)13-3-2-4-14(19)11-13)12-17(16)27(23,24)21-7-9-26-10-8-21/h2-6,11-12H,7-10H2,1H3,(H,20,22). The number of methoxy groups -OCH3 is 1. The van der Waals surface area contributed by atoms with Gasteiger partial charge < -0.3 is 14.8 Å². The summed E-state index contributed by atoms with van der Waals surface area (Å²) in [5, 5.41) is 3.13. The second-order valence-corrected chi connectivity index (χ2v) is 8.19. The monoisotopic (exact) mass is 410 g/mol. The number of carbonyl (C=O) groups is 1. The molecule has 0 bridgehead atoms. The van der Waals surface area contributed by atoms with Crippen molar-refractivity contribution in [3.63, 3.8) is 0 Å². The largest absolute Gasteiger partial charge is 0.495 e. The lowest BCUT2D eigenvalue weighted by atomic mass is 10.2. The summed E-state index contributed by atoms with van der Waals surface area (Å²) in [6.45, 7) is 1.22. The third-order valence-electron chi connectivity index (χ3n) is 4.10. The maximum absolute atomic E-state index is 13.0. The summed E-state index contributed by atoms with van der Waals surface area (Å²) in [5.74, 6) is -0.181. The SMILES string of the molecule is COc1ccc(NC(=O)c2cccc(Cl)c2)cc1S(=O)(=O)N1CCOCC1. The lowest BCUT2D eigenvalue weighted by Crippen LogP contribution is -2.40. The van der Waals surface area contributed by atoms with E-state index in [1.807, 2.05) is 0 Å². The Morgan fingerprint density at radius 1 is 1.19 bits per heavy atom. The van der Waals surface area contributed by atoms with Crippen molar-refractivity contribution in [2.45, 2.75) is 4.90 Å². The van der Waals surface area contributed by atoms with Gasteiger partial charge in [-0.1, -0.05) is 17.7 Å². The Morgan fingerprint density at radius 3 is 2.59 bits per heavy atom. The first-order valence-electron chi connectivity index (χ1n) is 8.24. The molecule has 9 heteroatoms. The number of nitrogens with zero attached hydrogens (tertiary/aromatic N) is 1. The van der Waals surface area contributed by atoms with E-state index in [9.17, 15) is 13.2 Å². The van der Waals surface area contributed by atoms with Gasteiger partial charge in [-0.15, -0.1) is 0 Å². The third kappa shape index (κ3) is 4.41. The Hall–Kier alpha value is -2.13. The van der Waals surface area contributed by atoms with E-state index in [-0.39, 0.29) is 23.7 Å². The molecule has 1 heterocycles. The minimum absolute atomic E-state index is 0.00389. The van der Waals surface area contributed by atoms with E-state index >= 15 is 0 Å². The highest BCUT2D eigenvalue weighted by Crippen LogP contribution is 2.30. The van der Waals surface area contributed by atoms with Crippen molar-refractivity contribution >= 4 is 33.2 Å². The molecule has 0 spiro atoms. The quantitative estimate of drug-likeness (QED) is 0.819. The second kappa shape index (κ2) is 8.26. The molecule has 0 radical (unpaired) electrons. The molecule has 1 N–H and O–H groups in total. The highest BCUT2D eigenvalue weighted by molar-refractivity contribution is 7.89. The van der Waals surface area contributed by atoms with Crippen LogP contribution in [0.3, 0.4) is 0 Å². The number of rotatable bonds is 5. The first kappa shape index (κ1) is 19.6. The number of carbonyl (C=O) groups excluding carboxylic acids is 1. The molecular formula is C18H19ClN2O5S. The van der Waals surface area contributed by atoms with Crippen molar-refractivity contribution in [2.75, 3.05) is 38.7 Å². The van der Waals surface area contributed by atoms with Gasteiger partial charge in [0.1, 0.15) is 10.6 Å². The molecule has 1 amide bonds. The van der Waals surface area contributed by atoms with Crippen molar-refractivity contribution < 1.29 is 22.7 Å². The topological polar surface area (TPSA) is 84.9 Å². The zero-order chi connectivity index (χ0) is 19.4. The molecular weight excluding hydrogens is 392 g/mol. The summed E-state index contributed by atoms with van der Waals surface area (Å²) in [7, 11) is -2.38. The van der Waals surface area contributed by atoms with Crippen LogP contribution in [0.5, 0.6) is 5.75 Å². The number of benzene rings is 2. The normalized spacial score (nSPS) is 15.3. The summed E-state index contributed by atoms with van der Waals surface area (Å²) in [5.41, 5.74) is 0.712. The van der Waals surface area contributed by atoms with Crippen LogP contribution in [0.25, 0.3) is 0 Å². The zero-order valence-electron chi connectivity index (χ0n) is 14.6. The van der Waals surface area contributed by atoms with Gasteiger partial charge in [-0.2, -0.15) is 4.31 Å². The van der Waals surface area contributed by atoms with Crippen LogP contribution in [0, 0.1) is 0 Å². The van der Waals surface area contributed by atoms with Crippen molar-refractivity contribution in [1.82, 2.24) is 4.31 Å². The Labute approximate surface area is 162 Å². The molecule has 7 nitrogen and oxygen atoms in total. The van der Waals surface area contributed by atoms with Gasteiger partial charge in [0, 0.05) is 29.4 Å². The molecule has 144 valence electrons. The summed E-state index contributed by atoms with van der Waals surface area (Å²) < 4.78 is 37.7. The van der Waals surface area contributed by atoms with E-state index in [2.05, 4.69) is 5.32 Å². The predicted octanol–water partition coefficient (Wildman–Crippen LogP) is 2.62. The van der Waals surface area contributed by atoms with Crippen LogP contribution in [0.4, 0.5) is 5.69 Å². The number of nitrogens with one attached hydrogen (secondary N) is 1. The lowest BCUT2D eigenvalue weighted by Gasteiger charge is -2.26. The van der Waals surface area contributed by atoms with Crippen molar-refractivity contribution in [3.8, 4) is 5.75 Å². The fourth-order valence-corrected chi connectivity index (χ4v) is 4.49. The van der Waals surface area contributed by atoms with Gasteiger partial charge in [0.2, 0.25) is 10.0 Å². The molecule has 0 aromatic heterocycles. The molecule has 3 rings (SSSR count). The Balaban J connectivity index is 1.90. The number of hydrogen-bond acceptors (Lipinski definition) is 5. The maximum Gasteiger partial charge on any atom is 0.255 e. The molecule has 0 saturated carbocycles. The molecule has 1 saturated heterocycles. The van der Waals surface area contributed by atoms with Crippen molar-refractivity contribution in [3.05, 3.63) is 53.1 Å². The third-order valence-corrected chi connectivity index (χ3v) is 6.25. The first-order valence-corrected chi connectivity index (χ1v) is 10.1. The number of morpholine rings is 1. The van der Waals surface area contributed by atoms with Crippen molar-refractivity contribution in [1.29, 1.82) is 0 Å². The maximum atomic E-state index is 13.0. The summed E-state index contributed by atoms with van der Waals surface area (Å²) in [6, 6.07) is 11.0. The molecule has 1 fully saturated rings. The van der Waals surface area contributed by atoms with E-state index in [1.165, 1.54) is 29.6 Å². The number of halogens is 1. The van der Waals surface area contributed by atoms with Crippen LogP contribution in [-0.4, -0.2) is 52.0 Å². The van der Waals surface area contributed by atoms with E-state index in [4.69, 9.17) is 21.1 Å². The summed E-state index contributed by atoms with van der Waals surface area (Å²) in [4.78, 5) is 12.4. The van der Waals surface area contributed by atoms with Gasteiger partial charge in [-0.3, -0.25) is 4.79 Å². The average Bonchev–Trinajstić information content (AvgIpc) is 2.68. The second-order valence-electron chi connectivity index (χ2n) is 5.85. The molecule has 2 aromatic carbocycles. The Bertz CT molecular complexity index is 943. The number of sulfonamides is 1. The fourth-order valence-electron chi connectivity index (χ4n) is 2.72.